The van der Waals surface area contributed by atoms with Crippen molar-refractivity contribution in [3.8, 4) is 0 Å². The van der Waals surface area contributed by atoms with Gasteiger partial charge in [0, 0.05) is 12.5 Å². The number of hydrogen-bond acceptors (Lipinski definition) is 4. The SMILES string of the molecule is CC(NC(=O)c1ccon1)C(O)Cc1ccccc1. The van der Waals surface area contributed by atoms with Crippen molar-refractivity contribution in [2.45, 2.75) is 25.5 Å². The van der Waals surface area contributed by atoms with Crippen molar-refractivity contribution < 1.29 is 14.4 Å². The van der Waals surface area contributed by atoms with Crippen LogP contribution in [0.25, 0.3) is 0 Å². The van der Waals surface area contributed by atoms with Crippen LogP contribution in [-0.4, -0.2) is 28.3 Å². The number of nitrogens with zero attached hydrogens (tertiary/aromatic N) is 1. The summed E-state index contributed by atoms with van der Waals surface area (Å²) in [6.45, 7) is 1.76. The second-order valence-electron chi connectivity index (χ2n) is 4.40. The van der Waals surface area contributed by atoms with E-state index in [-0.39, 0.29) is 17.6 Å². The molecule has 0 radical (unpaired) electrons. The fourth-order valence-electron chi connectivity index (χ4n) is 1.74. The summed E-state index contributed by atoms with van der Waals surface area (Å²) < 4.78 is 4.60. The van der Waals surface area contributed by atoms with Crippen LogP contribution < -0.4 is 5.32 Å². The van der Waals surface area contributed by atoms with E-state index in [4.69, 9.17) is 0 Å². The van der Waals surface area contributed by atoms with Gasteiger partial charge in [-0.3, -0.25) is 4.79 Å². The van der Waals surface area contributed by atoms with Crippen LogP contribution in [0, 0.1) is 0 Å². The predicted octanol–water partition coefficient (Wildman–Crippen LogP) is 1.40. The fourth-order valence-corrected chi connectivity index (χ4v) is 1.74. The van der Waals surface area contributed by atoms with Crippen molar-refractivity contribution >= 4 is 5.91 Å². The van der Waals surface area contributed by atoms with E-state index in [2.05, 4.69) is 15.0 Å². The summed E-state index contributed by atoms with van der Waals surface area (Å²) in [4.78, 5) is 11.7. The monoisotopic (exact) mass is 260 g/mol. The van der Waals surface area contributed by atoms with Crippen molar-refractivity contribution in [2.24, 2.45) is 0 Å². The van der Waals surface area contributed by atoms with E-state index < -0.39 is 6.10 Å². The lowest BCUT2D eigenvalue weighted by Crippen LogP contribution is -2.42. The Labute approximate surface area is 111 Å². The first-order valence-corrected chi connectivity index (χ1v) is 6.10. The van der Waals surface area contributed by atoms with Gasteiger partial charge in [-0.15, -0.1) is 0 Å². The molecule has 0 spiro atoms. The van der Waals surface area contributed by atoms with E-state index >= 15 is 0 Å². The molecule has 0 fully saturated rings. The number of carbonyl (C=O) groups is 1. The van der Waals surface area contributed by atoms with E-state index in [1.165, 1.54) is 12.3 Å². The Balaban J connectivity index is 1.89. The molecule has 0 saturated heterocycles. The minimum atomic E-state index is -0.654. The standard InChI is InChI=1S/C14H16N2O3/c1-10(15-14(18)12-7-8-19-16-12)13(17)9-11-5-3-2-4-6-11/h2-8,10,13,17H,9H2,1H3,(H,15,18). The number of carbonyl (C=O) groups excluding carboxylic acids is 1. The maximum Gasteiger partial charge on any atom is 0.273 e. The van der Waals surface area contributed by atoms with Crippen molar-refractivity contribution in [3.05, 3.63) is 53.9 Å². The van der Waals surface area contributed by atoms with E-state index in [0.717, 1.165) is 5.56 Å². The molecule has 0 saturated carbocycles. The van der Waals surface area contributed by atoms with Gasteiger partial charge in [0.25, 0.3) is 5.91 Å². The molecule has 2 rings (SSSR count). The number of aromatic nitrogens is 1. The molecule has 2 atom stereocenters. The van der Waals surface area contributed by atoms with E-state index in [1.807, 2.05) is 30.3 Å². The molecule has 0 bridgehead atoms. The number of amides is 1. The normalized spacial score (nSPS) is 13.8. The van der Waals surface area contributed by atoms with Gasteiger partial charge < -0.3 is 14.9 Å². The molecule has 2 unspecified atom stereocenters. The molecular formula is C14H16N2O3. The Morgan fingerprint density at radius 2 is 2.11 bits per heavy atom. The molecule has 2 N–H and O–H groups in total. The first-order chi connectivity index (χ1) is 9.16. The highest BCUT2D eigenvalue weighted by atomic mass is 16.5. The topological polar surface area (TPSA) is 75.4 Å². The lowest BCUT2D eigenvalue weighted by molar-refractivity contribution is 0.0843. The zero-order chi connectivity index (χ0) is 13.7. The quantitative estimate of drug-likeness (QED) is 0.852. The lowest BCUT2D eigenvalue weighted by Gasteiger charge is -2.19. The Hall–Kier alpha value is -2.14. The van der Waals surface area contributed by atoms with Crippen LogP contribution >= 0.6 is 0 Å². The van der Waals surface area contributed by atoms with Crippen molar-refractivity contribution in [3.63, 3.8) is 0 Å². The third-order valence-corrected chi connectivity index (χ3v) is 2.89. The van der Waals surface area contributed by atoms with Gasteiger partial charge >= 0.3 is 0 Å². The van der Waals surface area contributed by atoms with Crippen molar-refractivity contribution in [1.29, 1.82) is 0 Å². The number of rotatable bonds is 5. The van der Waals surface area contributed by atoms with Crippen LogP contribution in [-0.2, 0) is 6.42 Å². The van der Waals surface area contributed by atoms with Crippen LogP contribution in [0.15, 0.2) is 47.2 Å². The summed E-state index contributed by atoms with van der Waals surface area (Å²) >= 11 is 0. The van der Waals surface area contributed by atoms with Gasteiger partial charge in [-0.25, -0.2) is 0 Å². The van der Waals surface area contributed by atoms with E-state index in [0.29, 0.717) is 6.42 Å². The molecule has 1 aromatic carbocycles. The molecule has 1 amide bonds. The van der Waals surface area contributed by atoms with Crippen LogP contribution in [0.5, 0.6) is 0 Å². The van der Waals surface area contributed by atoms with Gasteiger partial charge in [-0.05, 0) is 12.5 Å². The summed E-state index contributed by atoms with van der Waals surface area (Å²) in [5, 5.41) is 16.3. The first kappa shape index (κ1) is 13.3. The third kappa shape index (κ3) is 3.66. The molecule has 0 aliphatic rings. The second-order valence-corrected chi connectivity index (χ2v) is 4.40. The molecule has 0 aliphatic heterocycles. The van der Waals surface area contributed by atoms with Crippen molar-refractivity contribution in [1.82, 2.24) is 10.5 Å². The molecule has 5 nitrogen and oxygen atoms in total. The maximum absolute atomic E-state index is 11.7. The second kappa shape index (κ2) is 6.15. The van der Waals surface area contributed by atoms with Crippen LogP contribution in [0.4, 0.5) is 0 Å². The summed E-state index contributed by atoms with van der Waals surface area (Å²) in [6, 6.07) is 10.7. The van der Waals surface area contributed by atoms with Crippen LogP contribution in [0.3, 0.4) is 0 Å². The van der Waals surface area contributed by atoms with E-state index in [9.17, 15) is 9.90 Å². The molecular weight excluding hydrogens is 244 g/mol. The average molecular weight is 260 g/mol. The average Bonchev–Trinajstić information content (AvgIpc) is 2.93. The van der Waals surface area contributed by atoms with Crippen LogP contribution in [0.2, 0.25) is 0 Å². The molecule has 2 aromatic rings. The maximum atomic E-state index is 11.7. The summed E-state index contributed by atoms with van der Waals surface area (Å²) in [6.07, 6.45) is 1.17. The minimum Gasteiger partial charge on any atom is -0.391 e. The number of aliphatic hydroxyl groups is 1. The zero-order valence-corrected chi connectivity index (χ0v) is 10.6. The molecule has 5 heteroatoms. The van der Waals surface area contributed by atoms with Gasteiger partial charge in [-0.2, -0.15) is 0 Å². The predicted molar refractivity (Wildman–Crippen MR) is 69.6 cm³/mol. The molecule has 19 heavy (non-hydrogen) atoms. The Kier molecular flexibility index (Phi) is 4.30. The molecule has 100 valence electrons. The Bertz CT molecular complexity index is 511. The number of nitrogens with one attached hydrogen (secondary N) is 1. The summed E-state index contributed by atoms with van der Waals surface area (Å²) in [5.41, 5.74) is 1.23. The highest BCUT2D eigenvalue weighted by Crippen LogP contribution is 2.06. The highest BCUT2D eigenvalue weighted by molar-refractivity contribution is 5.92. The number of benzene rings is 1. The minimum absolute atomic E-state index is 0.207. The van der Waals surface area contributed by atoms with E-state index in [1.54, 1.807) is 6.92 Å². The summed E-state index contributed by atoms with van der Waals surface area (Å²) in [7, 11) is 0. The Morgan fingerprint density at radius 3 is 2.74 bits per heavy atom. The van der Waals surface area contributed by atoms with Crippen molar-refractivity contribution in [2.75, 3.05) is 0 Å². The molecule has 0 aliphatic carbocycles. The molecule has 1 aromatic heterocycles. The third-order valence-electron chi connectivity index (χ3n) is 2.89. The number of hydrogen-bond donors (Lipinski definition) is 2. The van der Waals surface area contributed by atoms with Crippen LogP contribution in [0.1, 0.15) is 23.0 Å². The first-order valence-electron chi connectivity index (χ1n) is 6.10. The van der Waals surface area contributed by atoms with Gasteiger partial charge in [0.2, 0.25) is 0 Å². The Morgan fingerprint density at radius 1 is 1.37 bits per heavy atom. The summed E-state index contributed by atoms with van der Waals surface area (Å²) in [5.74, 6) is -0.353. The zero-order valence-electron chi connectivity index (χ0n) is 10.6. The van der Waals surface area contributed by atoms with Gasteiger partial charge in [-0.1, -0.05) is 35.5 Å². The van der Waals surface area contributed by atoms with Gasteiger partial charge in [0.05, 0.1) is 12.1 Å². The number of aliphatic hydroxyl groups excluding tert-OH is 1. The smallest absolute Gasteiger partial charge is 0.273 e. The fraction of sp³-hybridized carbons (Fsp3) is 0.286. The van der Waals surface area contributed by atoms with Gasteiger partial charge in [0.1, 0.15) is 6.26 Å². The largest absolute Gasteiger partial charge is 0.391 e. The van der Waals surface area contributed by atoms with Gasteiger partial charge in [0.15, 0.2) is 5.69 Å². The lowest BCUT2D eigenvalue weighted by atomic mass is 10.0. The molecule has 1 heterocycles. The highest BCUT2D eigenvalue weighted by Gasteiger charge is 2.19.